The van der Waals surface area contributed by atoms with Crippen LogP contribution in [0.1, 0.15) is 49.2 Å². The fraction of sp³-hybridized carbons (Fsp3) is 0.789. The second-order valence-corrected chi connectivity index (χ2v) is 7.48. The van der Waals surface area contributed by atoms with Gasteiger partial charge in [-0.05, 0) is 51.9 Å². The minimum atomic E-state index is 0.595. The first kappa shape index (κ1) is 16.3. The van der Waals surface area contributed by atoms with Gasteiger partial charge in [-0.25, -0.2) is 9.97 Å². The molecule has 1 aliphatic carbocycles. The van der Waals surface area contributed by atoms with Crippen LogP contribution in [0.5, 0.6) is 0 Å². The van der Waals surface area contributed by atoms with Crippen LogP contribution in [-0.4, -0.2) is 60.3 Å². The van der Waals surface area contributed by atoms with Crippen LogP contribution in [0.2, 0.25) is 0 Å². The van der Waals surface area contributed by atoms with Gasteiger partial charge in [-0.15, -0.1) is 0 Å². The van der Waals surface area contributed by atoms with Crippen LogP contribution in [0.3, 0.4) is 0 Å². The molecule has 24 heavy (non-hydrogen) atoms. The molecule has 132 valence electrons. The maximum Gasteiger partial charge on any atom is 0.136 e. The summed E-state index contributed by atoms with van der Waals surface area (Å²) in [4.78, 5) is 14.9. The molecule has 0 saturated carbocycles. The van der Waals surface area contributed by atoms with Gasteiger partial charge in [-0.3, -0.25) is 4.90 Å². The monoisotopic (exact) mass is 330 g/mol. The van der Waals surface area contributed by atoms with Crippen molar-refractivity contribution in [2.75, 3.05) is 44.3 Å². The lowest BCUT2D eigenvalue weighted by atomic mass is 9.94. The highest BCUT2D eigenvalue weighted by Gasteiger charge is 2.29. The van der Waals surface area contributed by atoms with E-state index >= 15 is 0 Å². The SMILES string of the molecule is Cc1nc2c(c(N3CCCCC3CN3CCOCC3)n1)CCCC2. The molecule has 0 amide bonds. The Labute approximate surface area is 145 Å². The van der Waals surface area contributed by atoms with Gasteiger partial charge in [-0.2, -0.15) is 0 Å². The Morgan fingerprint density at radius 2 is 1.83 bits per heavy atom. The highest BCUT2D eigenvalue weighted by Crippen LogP contribution is 2.32. The van der Waals surface area contributed by atoms with Crippen LogP contribution < -0.4 is 4.90 Å². The molecule has 4 rings (SSSR count). The van der Waals surface area contributed by atoms with E-state index in [0.29, 0.717) is 6.04 Å². The third-order valence-corrected chi connectivity index (χ3v) is 5.74. The van der Waals surface area contributed by atoms with Gasteiger partial charge in [-0.1, -0.05) is 0 Å². The van der Waals surface area contributed by atoms with E-state index < -0.39 is 0 Å². The highest BCUT2D eigenvalue weighted by molar-refractivity contribution is 5.51. The molecule has 0 radical (unpaired) electrons. The number of morpholine rings is 1. The van der Waals surface area contributed by atoms with Crippen molar-refractivity contribution in [1.29, 1.82) is 0 Å². The molecule has 1 unspecified atom stereocenters. The quantitative estimate of drug-likeness (QED) is 0.851. The lowest BCUT2D eigenvalue weighted by molar-refractivity contribution is 0.0338. The highest BCUT2D eigenvalue weighted by atomic mass is 16.5. The number of piperidine rings is 1. The Morgan fingerprint density at radius 3 is 2.71 bits per heavy atom. The van der Waals surface area contributed by atoms with Crippen LogP contribution in [0, 0.1) is 6.92 Å². The van der Waals surface area contributed by atoms with Crippen molar-refractivity contribution in [3.8, 4) is 0 Å². The Morgan fingerprint density at radius 1 is 1.00 bits per heavy atom. The van der Waals surface area contributed by atoms with Gasteiger partial charge in [0.05, 0.1) is 13.2 Å². The van der Waals surface area contributed by atoms with E-state index in [1.165, 1.54) is 49.2 Å². The predicted octanol–water partition coefficient (Wildman–Crippen LogP) is 2.35. The summed E-state index contributed by atoms with van der Waals surface area (Å²) in [5.41, 5.74) is 2.76. The molecular weight excluding hydrogens is 300 g/mol. The lowest BCUT2D eigenvalue weighted by Gasteiger charge is -2.41. The second-order valence-electron chi connectivity index (χ2n) is 7.48. The molecule has 0 bridgehead atoms. The van der Waals surface area contributed by atoms with Gasteiger partial charge in [0.25, 0.3) is 0 Å². The minimum Gasteiger partial charge on any atom is -0.379 e. The molecule has 1 aromatic heterocycles. The average Bonchev–Trinajstić information content (AvgIpc) is 2.62. The molecule has 2 fully saturated rings. The molecule has 3 heterocycles. The number of hydrogen-bond acceptors (Lipinski definition) is 5. The fourth-order valence-corrected chi connectivity index (χ4v) is 4.48. The maximum atomic E-state index is 5.51. The molecule has 0 N–H and O–H groups in total. The summed E-state index contributed by atoms with van der Waals surface area (Å²) in [6.45, 7) is 8.28. The molecule has 2 saturated heterocycles. The second kappa shape index (κ2) is 7.36. The number of anilines is 1. The zero-order chi connectivity index (χ0) is 16.4. The first-order chi connectivity index (χ1) is 11.8. The summed E-state index contributed by atoms with van der Waals surface area (Å²) in [6.07, 6.45) is 8.78. The summed E-state index contributed by atoms with van der Waals surface area (Å²) in [7, 11) is 0. The summed E-state index contributed by atoms with van der Waals surface area (Å²) in [5, 5.41) is 0. The number of hydrogen-bond donors (Lipinski definition) is 0. The van der Waals surface area contributed by atoms with E-state index in [2.05, 4.69) is 16.7 Å². The van der Waals surface area contributed by atoms with E-state index in [1.54, 1.807) is 0 Å². The normalized spacial score (nSPS) is 25.5. The summed E-state index contributed by atoms with van der Waals surface area (Å²) < 4.78 is 5.51. The Bertz CT molecular complexity index is 571. The van der Waals surface area contributed by atoms with Crippen molar-refractivity contribution in [2.45, 2.75) is 57.9 Å². The third-order valence-electron chi connectivity index (χ3n) is 5.74. The van der Waals surface area contributed by atoms with Crippen LogP contribution in [0.25, 0.3) is 0 Å². The number of ether oxygens (including phenoxy) is 1. The topological polar surface area (TPSA) is 41.5 Å². The molecule has 1 aromatic rings. The van der Waals surface area contributed by atoms with E-state index in [9.17, 15) is 0 Å². The van der Waals surface area contributed by atoms with Crippen molar-refractivity contribution < 1.29 is 4.74 Å². The van der Waals surface area contributed by atoms with E-state index in [4.69, 9.17) is 14.7 Å². The molecule has 5 nitrogen and oxygen atoms in total. The summed E-state index contributed by atoms with van der Waals surface area (Å²) >= 11 is 0. The summed E-state index contributed by atoms with van der Waals surface area (Å²) in [5.74, 6) is 2.21. The van der Waals surface area contributed by atoms with E-state index in [1.807, 2.05) is 0 Å². The van der Waals surface area contributed by atoms with Crippen LogP contribution in [0.4, 0.5) is 5.82 Å². The molecule has 2 aliphatic heterocycles. The largest absolute Gasteiger partial charge is 0.379 e. The Hall–Kier alpha value is -1.20. The van der Waals surface area contributed by atoms with Crippen molar-refractivity contribution in [1.82, 2.24) is 14.9 Å². The maximum absolute atomic E-state index is 5.51. The van der Waals surface area contributed by atoms with E-state index in [0.717, 1.165) is 58.1 Å². The standard InChI is InChI=1S/C19H30N4O/c1-15-20-18-8-3-2-7-17(18)19(21-15)23-9-5-4-6-16(23)14-22-10-12-24-13-11-22/h16H,2-14H2,1H3. The average molecular weight is 330 g/mol. The molecule has 5 heteroatoms. The molecular formula is C19H30N4O. The van der Waals surface area contributed by atoms with Crippen LogP contribution >= 0.6 is 0 Å². The fourth-order valence-electron chi connectivity index (χ4n) is 4.48. The van der Waals surface area contributed by atoms with Gasteiger partial charge in [0.1, 0.15) is 11.6 Å². The number of aromatic nitrogens is 2. The number of nitrogens with zero attached hydrogens (tertiary/aromatic N) is 4. The minimum absolute atomic E-state index is 0.595. The first-order valence-electron chi connectivity index (χ1n) is 9.74. The predicted molar refractivity (Wildman–Crippen MR) is 95.7 cm³/mol. The molecule has 0 aromatic carbocycles. The smallest absolute Gasteiger partial charge is 0.136 e. The van der Waals surface area contributed by atoms with Gasteiger partial charge >= 0.3 is 0 Å². The van der Waals surface area contributed by atoms with Crippen molar-refractivity contribution in [3.63, 3.8) is 0 Å². The Kier molecular flexibility index (Phi) is 4.99. The van der Waals surface area contributed by atoms with E-state index in [-0.39, 0.29) is 0 Å². The van der Waals surface area contributed by atoms with Crippen LogP contribution in [0.15, 0.2) is 0 Å². The number of aryl methyl sites for hydroxylation is 2. The van der Waals surface area contributed by atoms with Crippen molar-refractivity contribution >= 4 is 5.82 Å². The van der Waals surface area contributed by atoms with Gasteiger partial charge in [0.2, 0.25) is 0 Å². The lowest BCUT2D eigenvalue weighted by Crippen LogP contribution is -2.50. The summed E-state index contributed by atoms with van der Waals surface area (Å²) in [6, 6.07) is 0.595. The number of fused-ring (bicyclic) bond motifs is 1. The van der Waals surface area contributed by atoms with Crippen molar-refractivity contribution in [3.05, 3.63) is 17.1 Å². The van der Waals surface area contributed by atoms with Gasteiger partial charge in [0.15, 0.2) is 0 Å². The number of rotatable bonds is 3. The zero-order valence-corrected chi connectivity index (χ0v) is 15.0. The molecule has 0 spiro atoms. The first-order valence-corrected chi connectivity index (χ1v) is 9.74. The molecule has 3 aliphatic rings. The Balaban J connectivity index is 1.59. The zero-order valence-electron chi connectivity index (χ0n) is 15.0. The van der Waals surface area contributed by atoms with Crippen molar-refractivity contribution in [2.24, 2.45) is 0 Å². The van der Waals surface area contributed by atoms with Crippen LogP contribution in [-0.2, 0) is 17.6 Å². The third kappa shape index (κ3) is 3.42. The van der Waals surface area contributed by atoms with Gasteiger partial charge < -0.3 is 9.64 Å². The van der Waals surface area contributed by atoms with Gasteiger partial charge in [0, 0.05) is 43.5 Å². The molecule has 1 atom stereocenters.